The molecule has 29 heavy (non-hydrogen) atoms. The molecular weight excluding hydrogens is 362 g/mol. The molecule has 1 heterocycles. The summed E-state index contributed by atoms with van der Waals surface area (Å²) >= 11 is 0. The van der Waals surface area contributed by atoms with Crippen molar-refractivity contribution in [2.75, 3.05) is 6.54 Å². The highest BCUT2D eigenvalue weighted by Gasteiger charge is 2.23. The molecule has 4 rings (SSSR count). The molecule has 0 bridgehead atoms. The van der Waals surface area contributed by atoms with E-state index in [0.29, 0.717) is 18.2 Å². The summed E-state index contributed by atoms with van der Waals surface area (Å²) in [4.78, 5) is 28.5. The summed E-state index contributed by atoms with van der Waals surface area (Å²) in [5, 5.41) is 6.97. The smallest absolute Gasteiger partial charge is 0.251 e. The predicted octanol–water partition coefficient (Wildman–Crippen LogP) is 3.50. The van der Waals surface area contributed by atoms with E-state index in [4.69, 9.17) is 0 Å². The van der Waals surface area contributed by atoms with E-state index in [9.17, 15) is 9.59 Å². The highest BCUT2D eigenvalue weighted by molar-refractivity contribution is 5.95. The Kier molecular flexibility index (Phi) is 5.66. The van der Waals surface area contributed by atoms with Gasteiger partial charge in [0, 0.05) is 35.8 Å². The van der Waals surface area contributed by atoms with E-state index in [2.05, 4.69) is 15.6 Å². The molecule has 1 fully saturated rings. The predicted molar refractivity (Wildman–Crippen MR) is 114 cm³/mol. The molecule has 1 aliphatic rings. The molecule has 5 nitrogen and oxygen atoms in total. The fourth-order valence-electron chi connectivity index (χ4n) is 3.16. The van der Waals surface area contributed by atoms with Gasteiger partial charge in [0.05, 0.1) is 5.52 Å². The highest BCUT2D eigenvalue weighted by Crippen LogP contribution is 2.19. The second-order valence-electron chi connectivity index (χ2n) is 7.24. The third kappa shape index (κ3) is 5.08. The minimum Gasteiger partial charge on any atom is -0.352 e. The van der Waals surface area contributed by atoms with Crippen LogP contribution in [0.3, 0.4) is 0 Å². The molecule has 0 unspecified atom stereocenters. The summed E-state index contributed by atoms with van der Waals surface area (Å²) < 4.78 is 0. The molecule has 5 heteroatoms. The number of nitrogens with zero attached hydrogens (tertiary/aromatic N) is 1. The number of hydrogen-bond donors (Lipinski definition) is 2. The number of hydrogen-bond acceptors (Lipinski definition) is 3. The van der Waals surface area contributed by atoms with Gasteiger partial charge in [-0.15, -0.1) is 0 Å². The lowest BCUT2D eigenvalue weighted by atomic mass is 10.1. The number of rotatable bonds is 7. The van der Waals surface area contributed by atoms with Gasteiger partial charge in [0.1, 0.15) is 0 Å². The van der Waals surface area contributed by atoms with Gasteiger partial charge in [0.2, 0.25) is 5.91 Å². The van der Waals surface area contributed by atoms with Crippen LogP contribution in [-0.4, -0.2) is 29.4 Å². The maximum absolute atomic E-state index is 12.1. The lowest BCUT2D eigenvalue weighted by Crippen LogP contribution is -2.25. The zero-order valence-corrected chi connectivity index (χ0v) is 16.1. The van der Waals surface area contributed by atoms with Gasteiger partial charge in [-0.2, -0.15) is 0 Å². The Morgan fingerprint density at radius 3 is 2.62 bits per heavy atom. The molecule has 3 aromatic rings. The number of fused-ring (bicyclic) bond motifs is 1. The van der Waals surface area contributed by atoms with Gasteiger partial charge in [0.15, 0.2) is 0 Å². The van der Waals surface area contributed by atoms with Gasteiger partial charge in [-0.05, 0) is 54.7 Å². The first-order valence-electron chi connectivity index (χ1n) is 9.88. The Morgan fingerprint density at radius 2 is 1.83 bits per heavy atom. The van der Waals surface area contributed by atoms with Crippen molar-refractivity contribution in [1.29, 1.82) is 0 Å². The summed E-state index contributed by atoms with van der Waals surface area (Å²) in [5.74, 6) is -0.183. The van der Waals surface area contributed by atoms with Crippen LogP contribution in [0.5, 0.6) is 0 Å². The molecule has 1 aliphatic carbocycles. The molecule has 0 saturated heterocycles. The fraction of sp³-hybridized carbons (Fsp3) is 0.208. The average Bonchev–Trinajstić information content (AvgIpc) is 3.57. The number of benzene rings is 2. The number of carbonyl (C=O) groups is 2. The second kappa shape index (κ2) is 8.69. The standard InChI is InChI=1S/C24H23N3O2/c28-22(25-16-14-19-4-1-3-18-5-2-15-26-23(18)19)13-8-17-6-9-20(10-7-17)24(29)27-21-11-12-21/h1-10,13,15,21H,11-12,14,16H2,(H,25,28)(H,27,29)/b13-8+. The van der Waals surface area contributed by atoms with Gasteiger partial charge in [-0.1, -0.05) is 36.4 Å². The van der Waals surface area contributed by atoms with E-state index in [-0.39, 0.29) is 11.8 Å². The number of amides is 2. The normalized spacial score (nSPS) is 13.5. The zero-order valence-electron chi connectivity index (χ0n) is 16.1. The van der Waals surface area contributed by atoms with Crippen molar-refractivity contribution < 1.29 is 9.59 Å². The quantitative estimate of drug-likeness (QED) is 0.612. The van der Waals surface area contributed by atoms with E-state index in [1.807, 2.05) is 42.5 Å². The number of para-hydroxylation sites is 1. The van der Waals surface area contributed by atoms with Crippen molar-refractivity contribution in [2.45, 2.75) is 25.3 Å². The lowest BCUT2D eigenvalue weighted by Gasteiger charge is -2.06. The summed E-state index contributed by atoms with van der Waals surface area (Å²) in [7, 11) is 0. The Labute approximate surface area is 169 Å². The van der Waals surface area contributed by atoms with E-state index >= 15 is 0 Å². The van der Waals surface area contributed by atoms with Crippen LogP contribution in [0.1, 0.15) is 34.3 Å². The van der Waals surface area contributed by atoms with Crippen molar-refractivity contribution >= 4 is 28.8 Å². The molecule has 0 aliphatic heterocycles. The van der Waals surface area contributed by atoms with Crippen LogP contribution in [0, 0.1) is 0 Å². The minimum absolute atomic E-state index is 0.0382. The molecule has 2 N–H and O–H groups in total. The number of pyridine rings is 1. The first kappa shape index (κ1) is 18.9. The largest absolute Gasteiger partial charge is 0.352 e. The maximum Gasteiger partial charge on any atom is 0.251 e. The van der Waals surface area contributed by atoms with Crippen molar-refractivity contribution in [3.63, 3.8) is 0 Å². The summed E-state index contributed by atoms with van der Waals surface area (Å²) in [5.41, 5.74) is 3.61. The molecule has 1 saturated carbocycles. The Balaban J connectivity index is 1.28. The van der Waals surface area contributed by atoms with Gasteiger partial charge in [-0.3, -0.25) is 14.6 Å². The number of carbonyl (C=O) groups excluding carboxylic acids is 2. The van der Waals surface area contributed by atoms with Crippen LogP contribution < -0.4 is 10.6 Å². The average molecular weight is 385 g/mol. The van der Waals surface area contributed by atoms with Crippen LogP contribution in [0.2, 0.25) is 0 Å². The lowest BCUT2D eigenvalue weighted by molar-refractivity contribution is -0.116. The van der Waals surface area contributed by atoms with E-state index < -0.39 is 0 Å². The molecule has 146 valence electrons. The zero-order chi connectivity index (χ0) is 20.1. The van der Waals surface area contributed by atoms with Crippen LogP contribution in [-0.2, 0) is 11.2 Å². The number of aromatic nitrogens is 1. The van der Waals surface area contributed by atoms with Crippen molar-refractivity contribution in [3.05, 3.63) is 83.6 Å². The SMILES string of the molecule is O=C(/C=C/c1ccc(C(=O)NC2CC2)cc1)NCCc1cccc2cccnc12. The first-order chi connectivity index (χ1) is 14.2. The monoisotopic (exact) mass is 385 g/mol. The second-order valence-corrected chi connectivity index (χ2v) is 7.24. The first-order valence-corrected chi connectivity index (χ1v) is 9.88. The molecule has 1 aromatic heterocycles. The summed E-state index contributed by atoms with van der Waals surface area (Å²) in [6, 6.07) is 17.6. The third-order valence-corrected chi connectivity index (χ3v) is 4.92. The molecule has 0 spiro atoms. The maximum atomic E-state index is 12.1. The van der Waals surface area contributed by atoms with E-state index in [1.165, 1.54) is 6.08 Å². The van der Waals surface area contributed by atoms with E-state index in [1.54, 1.807) is 24.4 Å². The van der Waals surface area contributed by atoms with Gasteiger partial charge >= 0.3 is 0 Å². The highest BCUT2D eigenvalue weighted by atomic mass is 16.2. The molecule has 2 amide bonds. The Morgan fingerprint density at radius 1 is 1.03 bits per heavy atom. The topological polar surface area (TPSA) is 71.1 Å². The summed E-state index contributed by atoms with van der Waals surface area (Å²) in [6.45, 7) is 0.541. The van der Waals surface area contributed by atoms with Gasteiger partial charge in [-0.25, -0.2) is 0 Å². The Bertz CT molecular complexity index is 1050. The van der Waals surface area contributed by atoms with Crippen LogP contribution in [0.15, 0.2) is 66.9 Å². The molecule has 2 aromatic carbocycles. The van der Waals surface area contributed by atoms with Crippen LogP contribution >= 0.6 is 0 Å². The Hall–Kier alpha value is -3.47. The molecule has 0 radical (unpaired) electrons. The van der Waals surface area contributed by atoms with Gasteiger partial charge < -0.3 is 10.6 Å². The third-order valence-electron chi connectivity index (χ3n) is 4.92. The molecular formula is C24H23N3O2. The van der Waals surface area contributed by atoms with Crippen LogP contribution in [0.25, 0.3) is 17.0 Å². The fourth-order valence-corrected chi connectivity index (χ4v) is 3.16. The van der Waals surface area contributed by atoms with E-state index in [0.717, 1.165) is 41.3 Å². The molecule has 0 atom stereocenters. The van der Waals surface area contributed by atoms with Crippen LogP contribution in [0.4, 0.5) is 0 Å². The van der Waals surface area contributed by atoms with Crippen molar-refractivity contribution in [2.24, 2.45) is 0 Å². The number of nitrogens with one attached hydrogen (secondary N) is 2. The summed E-state index contributed by atoms with van der Waals surface area (Å²) in [6.07, 6.45) is 7.90. The van der Waals surface area contributed by atoms with Crippen molar-refractivity contribution in [1.82, 2.24) is 15.6 Å². The van der Waals surface area contributed by atoms with Crippen molar-refractivity contribution in [3.8, 4) is 0 Å². The van der Waals surface area contributed by atoms with Gasteiger partial charge in [0.25, 0.3) is 5.91 Å². The minimum atomic E-state index is -0.145.